The van der Waals surface area contributed by atoms with Crippen LogP contribution in [0.25, 0.3) is 0 Å². The van der Waals surface area contributed by atoms with Crippen LogP contribution in [-0.4, -0.2) is 35.1 Å². The predicted molar refractivity (Wildman–Crippen MR) is 120 cm³/mol. The molecular weight excluding hydrogens is 454 g/mol. The lowest BCUT2D eigenvalue weighted by Crippen LogP contribution is -2.38. The fraction of sp³-hybridized carbons (Fsp3) is 0.174. The van der Waals surface area contributed by atoms with Crippen LogP contribution in [0.5, 0.6) is 11.5 Å². The number of carbonyl (C=O) groups excluding carboxylic acids is 1. The van der Waals surface area contributed by atoms with Gasteiger partial charge in [0.25, 0.3) is 10.0 Å². The van der Waals surface area contributed by atoms with Crippen molar-refractivity contribution < 1.29 is 31.5 Å². The summed E-state index contributed by atoms with van der Waals surface area (Å²) in [6.07, 6.45) is 0. The molecule has 3 rings (SSSR count). The number of sulfonamides is 1. The van der Waals surface area contributed by atoms with Gasteiger partial charge in [-0.05, 0) is 43.3 Å². The number of benzene rings is 3. The Hall–Kier alpha value is -3.66. The van der Waals surface area contributed by atoms with E-state index in [9.17, 15) is 22.0 Å². The number of methoxy groups -OCH3 is 2. The van der Waals surface area contributed by atoms with E-state index in [2.05, 4.69) is 5.32 Å². The van der Waals surface area contributed by atoms with E-state index >= 15 is 0 Å². The Balaban J connectivity index is 2.01. The summed E-state index contributed by atoms with van der Waals surface area (Å²) in [6, 6.07) is 13.6. The molecule has 3 aromatic carbocycles. The van der Waals surface area contributed by atoms with Crippen molar-refractivity contribution in [1.29, 1.82) is 0 Å². The highest BCUT2D eigenvalue weighted by molar-refractivity contribution is 7.92. The normalized spacial score (nSPS) is 11.1. The van der Waals surface area contributed by atoms with E-state index in [1.54, 1.807) is 12.1 Å². The van der Waals surface area contributed by atoms with Crippen molar-refractivity contribution in [2.24, 2.45) is 0 Å². The molecule has 1 amide bonds. The molecule has 0 radical (unpaired) electrons. The monoisotopic (exact) mass is 476 g/mol. The molecule has 0 saturated carbocycles. The van der Waals surface area contributed by atoms with E-state index in [0.29, 0.717) is 5.75 Å². The topological polar surface area (TPSA) is 84.9 Å². The number of carbonyl (C=O) groups is 1. The van der Waals surface area contributed by atoms with Crippen LogP contribution in [0.15, 0.2) is 65.6 Å². The summed E-state index contributed by atoms with van der Waals surface area (Å²) in [5.74, 6) is -2.38. The molecule has 0 fully saturated rings. The molecule has 0 atom stereocenters. The smallest absolute Gasteiger partial charge is 0.264 e. The SMILES string of the molecule is COc1ccc(S(=O)(=O)N(CC(=O)Nc2c(F)cccc2F)c2ccc(C)cc2)cc1OC. The van der Waals surface area contributed by atoms with Gasteiger partial charge in [0.15, 0.2) is 11.5 Å². The standard InChI is InChI=1S/C23H22F2N2O5S/c1-15-7-9-16(10-8-15)27(14-22(28)26-23-18(24)5-4-6-19(23)25)33(29,30)17-11-12-20(31-2)21(13-17)32-3/h4-13H,14H2,1-3H3,(H,26,28). The predicted octanol–water partition coefficient (Wildman–Crippen LogP) is 4.12. The molecule has 0 aliphatic heterocycles. The van der Waals surface area contributed by atoms with Crippen molar-refractivity contribution in [2.45, 2.75) is 11.8 Å². The van der Waals surface area contributed by atoms with Gasteiger partial charge in [-0.3, -0.25) is 9.10 Å². The zero-order chi connectivity index (χ0) is 24.2. The summed E-state index contributed by atoms with van der Waals surface area (Å²) < 4.78 is 66.1. The first-order chi connectivity index (χ1) is 15.7. The Morgan fingerprint density at radius 2 is 1.55 bits per heavy atom. The van der Waals surface area contributed by atoms with Crippen LogP contribution in [0.4, 0.5) is 20.2 Å². The molecule has 174 valence electrons. The summed E-state index contributed by atoms with van der Waals surface area (Å²) in [5.41, 5.74) is 0.412. The maximum absolute atomic E-state index is 14.0. The molecule has 0 aliphatic carbocycles. The second-order valence-electron chi connectivity index (χ2n) is 7.01. The summed E-state index contributed by atoms with van der Waals surface area (Å²) in [6.45, 7) is 1.10. The molecule has 3 aromatic rings. The number of hydrogen-bond acceptors (Lipinski definition) is 5. The third-order valence-electron chi connectivity index (χ3n) is 4.78. The molecule has 10 heteroatoms. The fourth-order valence-corrected chi connectivity index (χ4v) is 4.49. The Bertz CT molecular complexity index is 1240. The van der Waals surface area contributed by atoms with Gasteiger partial charge in [0, 0.05) is 6.07 Å². The van der Waals surface area contributed by atoms with E-state index in [1.165, 1.54) is 44.6 Å². The van der Waals surface area contributed by atoms with Crippen molar-refractivity contribution in [3.8, 4) is 11.5 Å². The summed E-state index contributed by atoms with van der Waals surface area (Å²) in [4.78, 5) is 12.5. The van der Waals surface area contributed by atoms with Crippen molar-refractivity contribution in [3.05, 3.63) is 77.9 Å². The molecule has 7 nitrogen and oxygen atoms in total. The number of amides is 1. The maximum Gasteiger partial charge on any atom is 0.264 e. The number of ether oxygens (including phenoxy) is 2. The molecule has 33 heavy (non-hydrogen) atoms. The molecule has 0 spiro atoms. The van der Waals surface area contributed by atoms with Crippen LogP contribution in [0.3, 0.4) is 0 Å². The van der Waals surface area contributed by atoms with E-state index < -0.39 is 39.8 Å². The number of nitrogens with zero attached hydrogens (tertiary/aromatic N) is 1. The zero-order valence-electron chi connectivity index (χ0n) is 18.1. The van der Waals surface area contributed by atoms with Crippen molar-refractivity contribution in [1.82, 2.24) is 0 Å². The lowest BCUT2D eigenvalue weighted by molar-refractivity contribution is -0.114. The van der Waals surface area contributed by atoms with Gasteiger partial charge in [-0.2, -0.15) is 0 Å². The zero-order valence-corrected chi connectivity index (χ0v) is 18.9. The molecular formula is C23H22F2N2O5S. The molecule has 0 heterocycles. The second-order valence-corrected chi connectivity index (χ2v) is 8.87. The third-order valence-corrected chi connectivity index (χ3v) is 6.55. The summed E-state index contributed by atoms with van der Waals surface area (Å²) in [7, 11) is -1.51. The average molecular weight is 477 g/mol. The molecule has 0 saturated heterocycles. The minimum absolute atomic E-state index is 0.161. The van der Waals surface area contributed by atoms with Gasteiger partial charge in [0.1, 0.15) is 23.9 Å². The van der Waals surface area contributed by atoms with Crippen LogP contribution in [0, 0.1) is 18.6 Å². The highest BCUT2D eigenvalue weighted by atomic mass is 32.2. The molecule has 0 aromatic heterocycles. The van der Waals surface area contributed by atoms with Gasteiger partial charge in [-0.25, -0.2) is 17.2 Å². The number of hydrogen-bond donors (Lipinski definition) is 1. The Morgan fingerprint density at radius 3 is 2.12 bits per heavy atom. The highest BCUT2D eigenvalue weighted by Crippen LogP contribution is 2.32. The number of nitrogens with one attached hydrogen (secondary N) is 1. The van der Waals surface area contributed by atoms with Gasteiger partial charge < -0.3 is 14.8 Å². The van der Waals surface area contributed by atoms with Crippen LogP contribution in [0.2, 0.25) is 0 Å². The van der Waals surface area contributed by atoms with Gasteiger partial charge in [-0.1, -0.05) is 23.8 Å². The Kier molecular flexibility index (Phi) is 7.17. The largest absolute Gasteiger partial charge is 0.493 e. The van der Waals surface area contributed by atoms with Crippen molar-refractivity contribution >= 4 is 27.3 Å². The van der Waals surface area contributed by atoms with Gasteiger partial charge in [-0.15, -0.1) is 0 Å². The second kappa shape index (κ2) is 9.86. The lowest BCUT2D eigenvalue weighted by Gasteiger charge is -2.24. The van der Waals surface area contributed by atoms with Crippen LogP contribution >= 0.6 is 0 Å². The minimum Gasteiger partial charge on any atom is -0.493 e. The van der Waals surface area contributed by atoms with E-state index in [1.807, 2.05) is 6.92 Å². The van der Waals surface area contributed by atoms with Crippen molar-refractivity contribution in [3.63, 3.8) is 0 Å². The summed E-state index contributed by atoms with van der Waals surface area (Å²) in [5, 5.41) is 2.11. The number of rotatable bonds is 8. The maximum atomic E-state index is 14.0. The average Bonchev–Trinajstić information content (AvgIpc) is 2.80. The van der Waals surface area contributed by atoms with E-state index in [0.717, 1.165) is 28.1 Å². The number of aryl methyl sites for hydroxylation is 1. The number of halogens is 2. The molecule has 0 unspecified atom stereocenters. The van der Waals surface area contributed by atoms with Gasteiger partial charge in [0.05, 0.1) is 24.8 Å². The highest BCUT2D eigenvalue weighted by Gasteiger charge is 2.29. The first-order valence-electron chi connectivity index (χ1n) is 9.72. The van der Waals surface area contributed by atoms with Gasteiger partial charge in [0.2, 0.25) is 5.91 Å². The minimum atomic E-state index is -4.28. The Morgan fingerprint density at radius 1 is 0.939 bits per heavy atom. The quantitative estimate of drug-likeness (QED) is 0.529. The fourth-order valence-electron chi connectivity index (χ4n) is 3.06. The first-order valence-corrected chi connectivity index (χ1v) is 11.2. The van der Waals surface area contributed by atoms with Crippen molar-refractivity contribution in [2.75, 3.05) is 30.4 Å². The van der Waals surface area contributed by atoms with Gasteiger partial charge >= 0.3 is 0 Å². The third kappa shape index (κ3) is 5.23. The number of para-hydroxylation sites is 1. The molecule has 0 aliphatic rings. The van der Waals surface area contributed by atoms with E-state index in [4.69, 9.17) is 9.47 Å². The van der Waals surface area contributed by atoms with E-state index in [-0.39, 0.29) is 16.3 Å². The first kappa shape index (κ1) is 24.0. The molecule has 0 bridgehead atoms. The Labute approximate surface area is 190 Å². The van der Waals surface area contributed by atoms with Crippen LogP contribution in [-0.2, 0) is 14.8 Å². The van der Waals surface area contributed by atoms with Crippen LogP contribution < -0.4 is 19.1 Å². The number of anilines is 2. The summed E-state index contributed by atoms with van der Waals surface area (Å²) >= 11 is 0. The van der Waals surface area contributed by atoms with Crippen LogP contribution in [0.1, 0.15) is 5.56 Å². The molecule has 1 N–H and O–H groups in total. The lowest BCUT2D eigenvalue weighted by atomic mass is 10.2.